The third kappa shape index (κ3) is 49.5. The zero-order valence-electron chi connectivity index (χ0n) is 8.03. The van der Waals surface area contributed by atoms with Crippen molar-refractivity contribution < 1.29 is 103 Å². The summed E-state index contributed by atoms with van der Waals surface area (Å²) >= 11 is 0. The first-order valence-corrected chi connectivity index (χ1v) is 6.69. The molecule has 0 amide bonds. The van der Waals surface area contributed by atoms with E-state index in [4.69, 9.17) is 37.1 Å². The Bertz CT molecular complexity index is 318. The summed E-state index contributed by atoms with van der Waals surface area (Å²) in [7, 11) is -14.8. The second-order valence-corrected chi connectivity index (χ2v) is 5.02. The van der Waals surface area contributed by atoms with Crippen LogP contribution in [0.25, 0.3) is 0 Å². The molecule has 90 valence electrons. The van der Waals surface area contributed by atoms with Gasteiger partial charge in [-0.05, 0) is 0 Å². The zero-order chi connectivity index (χ0) is 12.2. The van der Waals surface area contributed by atoms with Crippen molar-refractivity contribution in [2.45, 2.75) is 0 Å². The Hall–Kier alpha value is 1.77. The van der Waals surface area contributed by atoms with E-state index in [-0.39, 0.29) is 52.8 Å². The molecule has 6 N–H and O–H groups in total. The molecule has 0 aliphatic carbocycles. The Labute approximate surface area is 128 Å². The molecule has 0 saturated heterocycles. The summed E-state index contributed by atoms with van der Waals surface area (Å²) in [5.74, 6) is 0. The molecule has 0 heterocycles. The number of rotatable bonds is 2. The summed E-state index contributed by atoms with van der Waals surface area (Å²) in [6.07, 6.45) is 0. The molecule has 0 aliphatic heterocycles. The number of hydrogen-bond acceptors (Lipinski definition) is 5. The van der Waals surface area contributed by atoms with Crippen LogP contribution >= 0.6 is 15.6 Å². The number of hydrogen-bond donors (Lipinski definition) is 6. The van der Waals surface area contributed by atoms with Crippen LogP contribution in [0.4, 0.5) is 0 Å². The zero-order valence-corrected chi connectivity index (χ0v) is 12.8. The average molecular weight is 316 g/mol. The summed E-state index contributed by atoms with van der Waals surface area (Å²) in [6.45, 7) is 0. The summed E-state index contributed by atoms with van der Waals surface area (Å²) in [4.78, 5) is 31.0. The van der Waals surface area contributed by atoms with Crippen molar-refractivity contribution in [2.24, 2.45) is 0 Å². The van der Waals surface area contributed by atoms with Crippen LogP contribution in [0.3, 0.4) is 0 Å². The Kier molecular flexibility index (Phi) is 11.7. The SMILES string of the molecule is O=P(O)(O)OP(=O)(O)O.O=S(=O)(O)O.[H-].[K+]. The van der Waals surface area contributed by atoms with Crippen LogP contribution in [0.15, 0.2) is 0 Å². The fourth-order valence-electron chi connectivity index (χ4n) is 0.139. The first kappa shape index (κ1) is 22.0. The molecule has 0 atom stereocenters. The minimum atomic E-state index is -5.05. The Morgan fingerprint density at radius 1 is 0.933 bits per heavy atom. The maximum Gasteiger partial charge on any atom is 1.00 e. The van der Waals surface area contributed by atoms with Gasteiger partial charge in [-0.1, -0.05) is 0 Å². The van der Waals surface area contributed by atoms with Crippen LogP contribution in [-0.4, -0.2) is 37.1 Å². The van der Waals surface area contributed by atoms with Crippen LogP contribution in [0.5, 0.6) is 0 Å². The monoisotopic (exact) mass is 316 g/mol. The Morgan fingerprint density at radius 3 is 1.07 bits per heavy atom. The molecule has 0 fully saturated rings. The first-order valence-electron chi connectivity index (χ1n) is 2.23. The van der Waals surface area contributed by atoms with Crippen LogP contribution in [0, 0.1) is 0 Å². The molecule has 0 unspecified atom stereocenters. The molecular formula is H7KO11P2S. The molecule has 0 aromatic rings. The van der Waals surface area contributed by atoms with Crippen LogP contribution in [-0.2, 0) is 23.8 Å². The standard InChI is InChI=1S/K.H4O7P2.H2O4S.H/c;1-8(2,3)7-9(4,5)6;1-5(2,3)4;/h;(H2,1,2,3)(H2,4,5,6);(H2,1,2,3,4);/q+1;;;-1. The second kappa shape index (κ2) is 7.97. The van der Waals surface area contributed by atoms with Crippen molar-refractivity contribution >= 4 is 26.0 Å². The van der Waals surface area contributed by atoms with E-state index in [9.17, 15) is 9.13 Å². The van der Waals surface area contributed by atoms with Gasteiger partial charge in [0.1, 0.15) is 0 Å². The fraction of sp³-hybridized carbons (Fsp3) is 0. The molecule has 0 spiro atoms. The molecule has 0 aromatic carbocycles. The maximum absolute atomic E-state index is 9.63. The van der Waals surface area contributed by atoms with Crippen LogP contribution in [0.2, 0.25) is 0 Å². The Morgan fingerprint density at radius 2 is 1.07 bits per heavy atom. The molecule has 0 aromatic heterocycles. The van der Waals surface area contributed by atoms with E-state index in [0.717, 1.165) is 0 Å². The van der Waals surface area contributed by atoms with Gasteiger partial charge in [-0.25, -0.2) is 9.13 Å². The number of phosphoric acid groups is 2. The van der Waals surface area contributed by atoms with Gasteiger partial charge < -0.3 is 21.0 Å². The maximum atomic E-state index is 9.63. The molecule has 15 heteroatoms. The predicted octanol–water partition coefficient (Wildman–Crippen LogP) is -4.35. The fourth-order valence-corrected chi connectivity index (χ4v) is 1.25. The normalized spacial score (nSPS) is 12.1. The Balaban J connectivity index is -0.0000000904. The molecule has 11 nitrogen and oxygen atoms in total. The van der Waals surface area contributed by atoms with Crippen LogP contribution in [0.1, 0.15) is 1.43 Å². The van der Waals surface area contributed by atoms with Crippen molar-refractivity contribution in [1.29, 1.82) is 0 Å². The molecule has 15 heavy (non-hydrogen) atoms. The summed E-state index contributed by atoms with van der Waals surface area (Å²) < 4.78 is 53.8. The van der Waals surface area contributed by atoms with E-state index >= 15 is 0 Å². The van der Waals surface area contributed by atoms with Crippen molar-refractivity contribution in [1.82, 2.24) is 0 Å². The van der Waals surface area contributed by atoms with Gasteiger partial charge >= 0.3 is 77.4 Å². The van der Waals surface area contributed by atoms with Gasteiger partial charge in [0.25, 0.3) is 0 Å². The molecule has 0 radical (unpaired) electrons. The van der Waals surface area contributed by atoms with Crippen LogP contribution < -0.4 is 51.4 Å². The minimum Gasteiger partial charge on any atom is -1.00 e. The topological polar surface area (TPSA) is 199 Å². The largest absolute Gasteiger partial charge is 1.00 e. The van der Waals surface area contributed by atoms with Gasteiger partial charge in [0.15, 0.2) is 0 Å². The summed E-state index contributed by atoms with van der Waals surface area (Å²) in [5.41, 5.74) is 0. The molecule has 0 rings (SSSR count). The van der Waals surface area contributed by atoms with E-state index in [0.29, 0.717) is 0 Å². The van der Waals surface area contributed by atoms with Crippen molar-refractivity contribution in [2.75, 3.05) is 0 Å². The van der Waals surface area contributed by atoms with E-state index < -0.39 is 26.0 Å². The third-order valence-corrected chi connectivity index (χ3v) is 1.91. The van der Waals surface area contributed by atoms with Crippen molar-refractivity contribution in [3.8, 4) is 0 Å². The van der Waals surface area contributed by atoms with Gasteiger partial charge in [-0.3, -0.25) is 9.11 Å². The van der Waals surface area contributed by atoms with Gasteiger partial charge in [0.05, 0.1) is 0 Å². The van der Waals surface area contributed by atoms with Gasteiger partial charge in [0, 0.05) is 0 Å². The van der Waals surface area contributed by atoms with E-state index in [1.807, 2.05) is 0 Å². The molecular weight excluding hydrogens is 309 g/mol. The van der Waals surface area contributed by atoms with Gasteiger partial charge in [-0.2, -0.15) is 12.7 Å². The molecule has 0 aliphatic rings. The smallest absolute Gasteiger partial charge is 1.00 e. The van der Waals surface area contributed by atoms with Gasteiger partial charge in [-0.15, -0.1) is 0 Å². The van der Waals surface area contributed by atoms with Crippen molar-refractivity contribution in [3.05, 3.63) is 0 Å². The van der Waals surface area contributed by atoms with Gasteiger partial charge in [0.2, 0.25) is 0 Å². The van der Waals surface area contributed by atoms with E-state index in [1.54, 1.807) is 0 Å². The quantitative estimate of drug-likeness (QED) is 0.163. The van der Waals surface area contributed by atoms with E-state index in [1.165, 1.54) is 0 Å². The van der Waals surface area contributed by atoms with Crippen molar-refractivity contribution in [3.63, 3.8) is 0 Å². The summed E-state index contributed by atoms with van der Waals surface area (Å²) in [6, 6.07) is 0. The summed E-state index contributed by atoms with van der Waals surface area (Å²) in [5, 5.41) is 0. The average Bonchev–Trinajstić information content (AvgIpc) is 1.42. The molecule has 0 saturated carbocycles. The predicted molar refractivity (Wildman–Crippen MR) is 40.5 cm³/mol. The molecule has 0 bridgehead atoms. The second-order valence-electron chi connectivity index (χ2n) is 1.51. The van der Waals surface area contributed by atoms with E-state index in [2.05, 4.69) is 4.31 Å². The first-order chi connectivity index (χ1) is 5.71. The third-order valence-electron chi connectivity index (χ3n) is 0.213. The minimum absolute atomic E-state index is 0.